The maximum absolute atomic E-state index is 12.6. The molecule has 3 atom stereocenters. The van der Waals surface area contributed by atoms with Gasteiger partial charge in [0.05, 0.1) is 13.2 Å². The Hall–Kier alpha value is -3.34. The average Bonchev–Trinajstić information content (AvgIpc) is 3.22. The number of phosphoric ester groups is 1. The first-order valence-electron chi connectivity index (χ1n) is 22.6. The fourth-order valence-corrected chi connectivity index (χ4v) is 6.39. The second kappa shape index (κ2) is 42.4. The molecule has 0 aliphatic carbocycles. The van der Waals surface area contributed by atoms with Crippen molar-refractivity contribution in [1.82, 2.24) is 0 Å². The van der Waals surface area contributed by atoms with Crippen LogP contribution in [0, 0.1) is 0 Å². The van der Waals surface area contributed by atoms with Crippen molar-refractivity contribution in [3.05, 3.63) is 85.1 Å². The van der Waals surface area contributed by atoms with E-state index in [1.807, 2.05) is 12.2 Å². The second-order valence-corrected chi connectivity index (χ2v) is 16.2. The number of hydrogen-bond acceptors (Lipinski definition) is 9. The minimum absolute atomic E-state index is 0.0916. The maximum atomic E-state index is 12.6. The summed E-state index contributed by atoms with van der Waals surface area (Å²) in [5, 5.41) is 8.90. The zero-order chi connectivity index (χ0) is 44.2. The molecule has 0 spiro atoms. The maximum Gasteiger partial charge on any atom is 0.472 e. The highest BCUT2D eigenvalue weighted by Gasteiger charge is 2.28. The van der Waals surface area contributed by atoms with Crippen LogP contribution in [-0.4, -0.2) is 59.9 Å². The van der Waals surface area contributed by atoms with E-state index in [1.54, 1.807) is 0 Å². The Balaban J connectivity index is 4.48. The third kappa shape index (κ3) is 41.4. The Morgan fingerprint density at radius 1 is 0.533 bits per heavy atom. The number of carboxylic acid groups (broad SMARTS) is 1. The number of carbonyl (C=O) groups excluding carboxylic acids is 2. The summed E-state index contributed by atoms with van der Waals surface area (Å²) in [7, 11) is -4.74. The number of unbranched alkanes of at least 4 members (excludes halogenated alkanes) is 13. The molecule has 60 heavy (non-hydrogen) atoms. The lowest BCUT2D eigenvalue weighted by Crippen LogP contribution is -2.34. The minimum atomic E-state index is -4.74. The van der Waals surface area contributed by atoms with Crippen molar-refractivity contribution in [3.8, 4) is 0 Å². The molecule has 0 heterocycles. The number of rotatable bonds is 41. The predicted octanol–water partition coefficient (Wildman–Crippen LogP) is 12.3. The SMILES string of the molecule is CC/C=C\C/C=C\C/C=C\C/C=C\C/C=C\C/C=C\CCC(=O)OC[C@H](COP(=O)(O)OC[C@H](N)C(=O)O)OC(=O)CCCCCCCCC/C=C\CCCCCCCC. The normalized spacial score (nSPS) is 14.5. The van der Waals surface area contributed by atoms with Crippen molar-refractivity contribution >= 4 is 25.7 Å². The monoisotopic (exact) mass is 862 g/mol. The van der Waals surface area contributed by atoms with Crippen molar-refractivity contribution in [1.29, 1.82) is 0 Å². The summed E-state index contributed by atoms with van der Waals surface area (Å²) in [5.74, 6) is -2.50. The van der Waals surface area contributed by atoms with Gasteiger partial charge in [-0.1, -0.05) is 163 Å². The topological polar surface area (TPSA) is 172 Å². The molecular formula is C48H80NO10P. The zero-order valence-electron chi connectivity index (χ0n) is 37.0. The van der Waals surface area contributed by atoms with Gasteiger partial charge in [-0.05, 0) is 77.0 Å². The van der Waals surface area contributed by atoms with Crippen molar-refractivity contribution in [2.75, 3.05) is 19.8 Å². The van der Waals surface area contributed by atoms with Crippen LogP contribution in [0.25, 0.3) is 0 Å². The van der Waals surface area contributed by atoms with E-state index in [4.69, 9.17) is 24.8 Å². The first-order chi connectivity index (χ1) is 29.1. The van der Waals surface area contributed by atoms with E-state index in [2.05, 4.69) is 91.3 Å². The summed E-state index contributed by atoms with van der Waals surface area (Å²) in [6.07, 6.45) is 52.3. The molecular weight excluding hydrogens is 781 g/mol. The fourth-order valence-electron chi connectivity index (χ4n) is 5.61. The fraction of sp³-hybridized carbons (Fsp3) is 0.646. The standard InChI is InChI=1S/C48H80NO10P/c1-3-5-7-9-11-13-15-17-19-21-22-24-25-27-29-31-33-35-37-39-46(50)56-41-44(42-57-60(54,55)58-43-45(49)48(52)53)59-47(51)40-38-36-34-32-30-28-26-23-20-18-16-14-12-10-8-6-4-2/h5,7,11,13,17-20,22,24,27,29,33,35,44-45H,3-4,6,8-10,12,14-16,21,23,25-26,28,30-32,34,36-43,49H2,1-2H3,(H,52,53)(H,54,55)/b7-5-,13-11-,19-17-,20-18-,24-22-,29-27-,35-33-/t44-,45+/m1/s1. The highest BCUT2D eigenvalue weighted by Crippen LogP contribution is 2.43. The molecule has 0 aromatic carbocycles. The van der Waals surface area contributed by atoms with Gasteiger partial charge in [0.15, 0.2) is 6.10 Å². The van der Waals surface area contributed by atoms with Crippen molar-refractivity contribution in [2.24, 2.45) is 5.73 Å². The van der Waals surface area contributed by atoms with E-state index in [0.717, 1.165) is 70.6 Å². The summed E-state index contributed by atoms with van der Waals surface area (Å²) in [6.45, 7) is 2.60. The van der Waals surface area contributed by atoms with Crippen molar-refractivity contribution < 1.29 is 47.5 Å². The van der Waals surface area contributed by atoms with E-state index < -0.39 is 57.7 Å². The minimum Gasteiger partial charge on any atom is -0.480 e. The Kier molecular flexibility index (Phi) is 40.0. The number of carboxylic acids is 1. The largest absolute Gasteiger partial charge is 0.480 e. The lowest BCUT2D eigenvalue weighted by atomic mass is 10.1. The quantitative estimate of drug-likeness (QED) is 0.0231. The van der Waals surface area contributed by atoms with Gasteiger partial charge in [-0.25, -0.2) is 4.57 Å². The van der Waals surface area contributed by atoms with Gasteiger partial charge < -0.3 is 25.2 Å². The molecule has 0 saturated heterocycles. The summed E-state index contributed by atoms with van der Waals surface area (Å²) in [4.78, 5) is 46.0. The van der Waals surface area contributed by atoms with Gasteiger partial charge in [-0.2, -0.15) is 0 Å². The summed E-state index contributed by atoms with van der Waals surface area (Å²) < 4.78 is 32.6. The third-order valence-corrected chi connectivity index (χ3v) is 10.1. The number of aliphatic carboxylic acids is 1. The molecule has 4 N–H and O–H groups in total. The molecule has 0 aromatic heterocycles. The van der Waals surface area contributed by atoms with Crippen molar-refractivity contribution in [2.45, 2.75) is 180 Å². The molecule has 0 fully saturated rings. The summed E-state index contributed by atoms with van der Waals surface area (Å²) >= 11 is 0. The number of allylic oxidation sites excluding steroid dienone is 14. The van der Waals surface area contributed by atoms with Crippen LogP contribution < -0.4 is 5.73 Å². The van der Waals surface area contributed by atoms with Gasteiger partial charge in [-0.15, -0.1) is 0 Å². The Labute approximate surface area is 362 Å². The molecule has 0 amide bonds. The summed E-state index contributed by atoms with van der Waals surface area (Å²) in [5.41, 5.74) is 5.33. The molecule has 0 aromatic rings. The van der Waals surface area contributed by atoms with Crippen LogP contribution in [0.4, 0.5) is 0 Å². The molecule has 0 bridgehead atoms. The number of nitrogens with two attached hydrogens (primary N) is 1. The molecule has 0 aliphatic heterocycles. The molecule has 342 valence electrons. The van der Waals surface area contributed by atoms with E-state index in [-0.39, 0.29) is 12.8 Å². The number of phosphoric acid groups is 1. The molecule has 0 radical (unpaired) electrons. The number of carbonyl (C=O) groups is 3. The highest BCUT2D eigenvalue weighted by molar-refractivity contribution is 7.47. The Bertz CT molecular complexity index is 1340. The lowest BCUT2D eigenvalue weighted by molar-refractivity contribution is -0.161. The van der Waals surface area contributed by atoms with Gasteiger partial charge in [0.1, 0.15) is 12.6 Å². The Morgan fingerprint density at radius 3 is 1.47 bits per heavy atom. The molecule has 0 rings (SSSR count). The highest BCUT2D eigenvalue weighted by atomic mass is 31.2. The average molecular weight is 862 g/mol. The van der Waals surface area contributed by atoms with Crippen LogP contribution >= 0.6 is 7.82 Å². The zero-order valence-corrected chi connectivity index (χ0v) is 37.9. The molecule has 11 nitrogen and oxygen atoms in total. The molecule has 0 aliphatic rings. The van der Waals surface area contributed by atoms with Gasteiger partial charge >= 0.3 is 25.7 Å². The first-order valence-corrected chi connectivity index (χ1v) is 24.1. The van der Waals surface area contributed by atoms with Gasteiger partial charge in [0.2, 0.25) is 0 Å². The summed E-state index contributed by atoms with van der Waals surface area (Å²) in [6, 6.07) is -1.54. The number of esters is 2. The van der Waals surface area contributed by atoms with E-state index in [9.17, 15) is 23.8 Å². The smallest absolute Gasteiger partial charge is 0.472 e. The van der Waals surface area contributed by atoms with Crippen LogP contribution in [-0.2, 0) is 37.5 Å². The van der Waals surface area contributed by atoms with E-state index in [1.165, 1.54) is 57.8 Å². The van der Waals surface area contributed by atoms with Crippen LogP contribution in [0.15, 0.2) is 85.1 Å². The number of hydrogen-bond donors (Lipinski definition) is 3. The van der Waals surface area contributed by atoms with Crippen LogP contribution in [0.1, 0.15) is 168 Å². The van der Waals surface area contributed by atoms with E-state index in [0.29, 0.717) is 12.8 Å². The van der Waals surface area contributed by atoms with Gasteiger partial charge in [0, 0.05) is 12.8 Å². The first kappa shape index (κ1) is 56.7. The van der Waals surface area contributed by atoms with E-state index >= 15 is 0 Å². The number of ether oxygens (including phenoxy) is 2. The lowest BCUT2D eigenvalue weighted by Gasteiger charge is -2.20. The Morgan fingerprint density at radius 2 is 0.967 bits per heavy atom. The van der Waals surface area contributed by atoms with Crippen LogP contribution in [0.5, 0.6) is 0 Å². The van der Waals surface area contributed by atoms with Gasteiger partial charge in [0.25, 0.3) is 0 Å². The van der Waals surface area contributed by atoms with Crippen LogP contribution in [0.3, 0.4) is 0 Å². The second-order valence-electron chi connectivity index (χ2n) is 14.8. The molecule has 1 unspecified atom stereocenters. The molecule has 0 saturated carbocycles. The van der Waals surface area contributed by atoms with Gasteiger partial charge in [-0.3, -0.25) is 23.4 Å². The molecule has 12 heteroatoms. The predicted molar refractivity (Wildman–Crippen MR) is 244 cm³/mol. The van der Waals surface area contributed by atoms with Crippen molar-refractivity contribution in [3.63, 3.8) is 0 Å². The third-order valence-electron chi connectivity index (χ3n) is 9.14. The van der Waals surface area contributed by atoms with Crippen LogP contribution in [0.2, 0.25) is 0 Å².